The summed E-state index contributed by atoms with van der Waals surface area (Å²) in [6.45, 7) is 2.99. The molecule has 5 rings (SSSR count). The van der Waals surface area contributed by atoms with Gasteiger partial charge in [0.15, 0.2) is 22.3 Å². The molecule has 0 radical (unpaired) electrons. The van der Waals surface area contributed by atoms with Crippen molar-refractivity contribution in [2.24, 2.45) is 0 Å². The van der Waals surface area contributed by atoms with E-state index in [0.29, 0.717) is 52.3 Å². The van der Waals surface area contributed by atoms with Gasteiger partial charge in [0.2, 0.25) is 12.7 Å². The van der Waals surface area contributed by atoms with Crippen molar-refractivity contribution in [3.05, 3.63) is 64.6 Å². The number of carbonyl (C=O) groups excluding carboxylic acids is 1. The first-order valence-corrected chi connectivity index (χ1v) is 11.6. The molecule has 0 saturated carbocycles. The standard InChI is InChI=1S/C23H21N5O5S/c1-2-31-16-6-4-15(5-7-16)28-22(30)17-11-25-27-21(17)26-23(28)34-12-20(29)24-10-14-3-8-18-19(9-14)33-13-32-18/h3-9,11H,2,10,12-13H2,1H3,(H,24,29)(H,25,27). The third-order valence-electron chi connectivity index (χ3n) is 5.12. The number of hydrogen-bond acceptors (Lipinski definition) is 8. The zero-order valence-electron chi connectivity index (χ0n) is 18.2. The Morgan fingerprint density at radius 1 is 1.21 bits per heavy atom. The average Bonchev–Trinajstić information content (AvgIpc) is 3.51. The third-order valence-corrected chi connectivity index (χ3v) is 6.05. The van der Waals surface area contributed by atoms with Crippen LogP contribution < -0.4 is 25.1 Å². The number of ether oxygens (including phenoxy) is 3. The fourth-order valence-electron chi connectivity index (χ4n) is 3.49. The topological polar surface area (TPSA) is 120 Å². The van der Waals surface area contributed by atoms with E-state index in [1.807, 2.05) is 25.1 Å². The number of rotatable bonds is 8. The van der Waals surface area contributed by atoms with Gasteiger partial charge in [-0.3, -0.25) is 19.3 Å². The van der Waals surface area contributed by atoms with Crippen molar-refractivity contribution in [1.82, 2.24) is 25.1 Å². The minimum atomic E-state index is -0.272. The first-order valence-electron chi connectivity index (χ1n) is 10.6. The summed E-state index contributed by atoms with van der Waals surface area (Å²) in [7, 11) is 0. The van der Waals surface area contributed by atoms with Gasteiger partial charge in [0.05, 0.1) is 24.2 Å². The van der Waals surface area contributed by atoms with E-state index in [4.69, 9.17) is 14.2 Å². The van der Waals surface area contributed by atoms with Crippen molar-refractivity contribution < 1.29 is 19.0 Å². The highest BCUT2D eigenvalue weighted by Crippen LogP contribution is 2.32. The SMILES string of the molecule is CCOc1ccc(-n2c(SCC(=O)NCc3ccc4c(c3)OCO4)nc3[nH]ncc3c2=O)cc1. The van der Waals surface area contributed by atoms with Crippen LogP contribution in [0.2, 0.25) is 0 Å². The molecule has 0 saturated heterocycles. The molecule has 2 aromatic heterocycles. The summed E-state index contributed by atoms with van der Waals surface area (Å²) >= 11 is 1.17. The number of nitrogens with zero attached hydrogens (tertiary/aromatic N) is 3. The molecule has 1 aliphatic rings. The molecule has 2 aromatic carbocycles. The Morgan fingerprint density at radius 2 is 2.03 bits per heavy atom. The van der Waals surface area contributed by atoms with E-state index in [-0.39, 0.29) is 24.0 Å². The summed E-state index contributed by atoms with van der Waals surface area (Å²) in [6, 6.07) is 12.7. The van der Waals surface area contributed by atoms with E-state index in [9.17, 15) is 9.59 Å². The number of amides is 1. The highest BCUT2D eigenvalue weighted by molar-refractivity contribution is 7.99. The van der Waals surface area contributed by atoms with Crippen molar-refractivity contribution in [2.75, 3.05) is 19.2 Å². The second-order valence-electron chi connectivity index (χ2n) is 7.35. The van der Waals surface area contributed by atoms with Crippen LogP contribution >= 0.6 is 11.8 Å². The van der Waals surface area contributed by atoms with Gasteiger partial charge in [-0.05, 0) is 48.9 Å². The number of fused-ring (bicyclic) bond motifs is 2. The second-order valence-corrected chi connectivity index (χ2v) is 8.29. The predicted molar refractivity (Wildman–Crippen MR) is 126 cm³/mol. The lowest BCUT2D eigenvalue weighted by Gasteiger charge is -2.13. The molecule has 0 fully saturated rings. The first-order chi connectivity index (χ1) is 16.6. The van der Waals surface area contributed by atoms with Gasteiger partial charge in [0.1, 0.15) is 11.1 Å². The van der Waals surface area contributed by atoms with Gasteiger partial charge in [0.25, 0.3) is 5.56 Å². The summed E-state index contributed by atoms with van der Waals surface area (Å²) in [5.41, 5.74) is 1.61. The van der Waals surface area contributed by atoms with E-state index < -0.39 is 0 Å². The molecule has 4 aromatic rings. The smallest absolute Gasteiger partial charge is 0.269 e. The van der Waals surface area contributed by atoms with E-state index in [1.54, 1.807) is 24.3 Å². The van der Waals surface area contributed by atoms with E-state index >= 15 is 0 Å². The molecule has 10 nitrogen and oxygen atoms in total. The maximum atomic E-state index is 13.2. The average molecular weight is 480 g/mol. The van der Waals surface area contributed by atoms with E-state index in [2.05, 4.69) is 20.5 Å². The van der Waals surface area contributed by atoms with Crippen molar-refractivity contribution in [3.63, 3.8) is 0 Å². The number of H-pyrrole nitrogens is 1. The van der Waals surface area contributed by atoms with Gasteiger partial charge < -0.3 is 19.5 Å². The molecule has 0 spiro atoms. The minimum Gasteiger partial charge on any atom is -0.494 e. The van der Waals surface area contributed by atoms with Crippen molar-refractivity contribution in [3.8, 4) is 22.9 Å². The maximum Gasteiger partial charge on any atom is 0.269 e. The Balaban J connectivity index is 1.33. The minimum absolute atomic E-state index is 0.0770. The van der Waals surface area contributed by atoms with Gasteiger partial charge in [-0.2, -0.15) is 5.10 Å². The molecular weight excluding hydrogens is 458 g/mol. The second kappa shape index (κ2) is 9.48. The lowest BCUT2D eigenvalue weighted by Crippen LogP contribution is -2.26. The van der Waals surface area contributed by atoms with Gasteiger partial charge >= 0.3 is 0 Å². The molecule has 0 bridgehead atoms. The maximum absolute atomic E-state index is 13.2. The summed E-state index contributed by atoms with van der Waals surface area (Å²) in [6.07, 6.45) is 1.45. The first kappa shape index (κ1) is 21.8. The molecule has 2 N–H and O–H groups in total. The fraction of sp³-hybridized carbons (Fsp3) is 0.217. The molecule has 0 unspecified atom stereocenters. The summed E-state index contributed by atoms with van der Waals surface area (Å²) < 4.78 is 17.6. The monoisotopic (exact) mass is 479 g/mol. The Bertz CT molecular complexity index is 1400. The van der Waals surface area contributed by atoms with Crippen LogP contribution in [0.1, 0.15) is 12.5 Å². The van der Waals surface area contributed by atoms with Crippen LogP contribution in [0.5, 0.6) is 17.2 Å². The summed E-state index contributed by atoms with van der Waals surface area (Å²) in [5.74, 6) is 1.94. The van der Waals surface area contributed by atoms with Crippen LogP contribution in [0.25, 0.3) is 16.7 Å². The molecule has 3 heterocycles. The number of carbonyl (C=O) groups is 1. The summed E-state index contributed by atoms with van der Waals surface area (Å²) in [5, 5.41) is 10.3. The Hall–Kier alpha value is -3.99. The molecular formula is C23H21N5O5S. The highest BCUT2D eigenvalue weighted by Gasteiger charge is 2.17. The highest BCUT2D eigenvalue weighted by atomic mass is 32.2. The normalized spacial score (nSPS) is 12.1. The number of benzene rings is 2. The lowest BCUT2D eigenvalue weighted by atomic mass is 10.2. The molecule has 34 heavy (non-hydrogen) atoms. The van der Waals surface area contributed by atoms with Crippen LogP contribution in [-0.4, -0.2) is 44.8 Å². The predicted octanol–water partition coefficient (Wildman–Crippen LogP) is 2.64. The van der Waals surface area contributed by atoms with Crippen LogP contribution in [0, 0.1) is 0 Å². The van der Waals surface area contributed by atoms with Crippen LogP contribution in [-0.2, 0) is 11.3 Å². The Morgan fingerprint density at radius 3 is 2.85 bits per heavy atom. The fourth-order valence-corrected chi connectivity index (χ4v) is 4.32. The number of nitrogens with one attached hydrogen (secondary N) is 2. The zero-order valence-corrected chi connectivity index (χ0v) is 19.1. The van der Waals surface area contributed by atoms with Gasteiger partial charge in [0, 0.05) is 6.54 Å². The largest absolute Gasteiger partial charge is 0.494 e. The number of aromatic nitrogens is 4. The molecule has 174 valence electrons. The molecule has 0 aliphatic carbocycles. The Labute approximate surface area is 198 Å². The molecule has 1 amide bonds. The van der Waals surface area contributed by atoms with Gasteiger partial charge in [-0.25, -0.2) is 4.98 Å². The van der Waals surface area contributed by atoms with Gasteiger partial charge in [-0.1, -0.05) is 17.8 Å². The third kappa shape index (κ3) is 4.42. The number of aromatic amines is 1. The van der Waals surface area contributed by atoms with Crippen LogP contribution in [0.3, 0.4) is 0 Å². The summed E-state index contributed by atoms with van der Waals surface area (Å²) in [4.78, 5) is 30.2. The van der Waals surface area contributed by atoms with E-state index in [1.165, 1.54) is 22.5 Å². The van der Waals surface area contributed by atoms with Crippen molar-refractivity contribution >= 4 is 28.7 Å². The molecule has 11 heteroatoms. The van der Waals surface area contributed by atoms with Gasteiger partial charge in [-0.15, -0.1) is 0 Å². The van der Waals surface area contributed by atoms with Crippen LogP contribution in [0.15, 0.2) is 58.6 Å². The van der Waals surface area contributed by atoms with E-state index in [0.717, 1.165) is 5.56 Å². The molecule has 1 aliphatic heterocycles. The lowest BCUT2D eigenvalue weighted by molar-refractivity contribution is -0.118. The number of hydrogen-bond donors (Lipinski definition) is 2. The molecule has 0 atom stereocenters. The quantitative estimate of drug-likeness (QED) is 0.292. The Kier molecular flexibility index (Phi) is 6.09. The van der Waals surface area contributed by atoms with Crippen LogP contribution in [0.4, 0.5) is 0 Å². The number of thioether (sulfide) groups is 1. The van der Waals surface area contributed by atoms with Crippen molar-refractivity contribution in [2.45, 2.75) is 18.6 Å². The van der Waals surface area contributed by atoms with Crippen molar-refractivity contribution in [1.29, 1.82) is 0 Å². The zero-order chi connectivity index (χ0) is 23.5.